The van der Waals surface area contributed by atoms with Gasteiger partial charge in [0.25, 0.3) is 0 Å². The molecular formula is C16H12F7NO2. The summed E-state index contributed by atoms with van der Waals surface area (Å²) in [6, 6.07) is 5.72. The van der Waals surface area contributed by atoms with Crippen LogP contribution in [0.4, 0.5) is 30.7 Å². The van der Waals surface area contributed by atoms with Crippen LogP contribution in [0.2, 0.25) is 0 Å². The number of carbonyl (C=O) groups excluding carboxylic acids is 2. The van der Waals surface area contributed by atoms with Crippen LogP contribution in [-0.4, -0.2) is 35.6 Å². The number of hydrogen-bond acceptors (Lipinski definition) is 3. The molecule has 0 heterocycles. The van der Waals surface area contributed by atoms with Crippen LogP contribution in [0, 0.1) is 0 Å². The van der Waals surface area contributed by atoms with Gasteiger partial charge in [0.05, 0.1) is 5.57 Å². The molecule has 0 saturated carbocycles. The fraction of sp³-hybridized carbons (Fsp3) is 0.375. The fourth-order valence-corrected chi connectivity index (χ4v) is 2.59. The Hall–Kier alpha value is -2.23. The zero-order chi connectivity index (χ0) is 19.9. The van der Waals surface area contributed by atoms with Crippen LogP contribution in [-0.2, 0) is 9.59 Å². The maximum Gasteiger partial charge on any atom is 0.460 e. The van der Waals surface area contributed by atoms with E-state index < -0.39 is 53.2 Å². The molecule has 0 fully saturated rings. The van der Waals surface area contributed by atoms with E-state index in [0.29, 0.717) is 0 Å². The largest absolute Gasteiger partial charge is 0.460 e. The molecule has 1 atom stereocenters. The van der Waals surface area contributed by atoms with Crippen LogP contribution in [0.5, 0.6) is 0 Å². The maximum atomic E-state index is 13.8. The van der Waals surface area contributed by atoms with Crippen molar-refractivity contribution < 1.29 is 40.3 Å². The van der Waals surface area contributed by atoms with Crippen molar-refractivity contribution in [1.29, 1.82) is 0 Å². The van der Waals surface area contributed by atoms with E-state index in [4.69, 9.17) is 5.73 Å². The molecule has 0 radical (unpaired) electrons. The Bertz CT molecular complexity index is 754. The van der Waals surface area contributed by atoms with Crippen LogP contribution < -0.4 is 5.73 Å². The summed E-state index contributed by atoms with van der Waals surface area (Å²) in [7, 11) is 0. The molecule has 1 aliphatic carbocycles. The minimum absolute atomic E-state index is 0.0162. The third-order valence-electron chi connectivity index (χ3n) is 3.95. The van der Waals surface area contributed by atoms with Gasteiger partial charge in [-0.1, -0.05) is 30.3 Å². The first-order valence-corrected chi connectivity index (χ1v) is 7.28. The Kier molecular flexibility index (Phi) is 5.02. The molecule has 0 aliphatic heterocycles. The number of Topliss-reactive ketones (excluding diaryl/α,β-unsaturated/α-hetero) is 2. The first-order chi connectivity index (χ1) is 11.8. The summed E-state index contributed by atoms with van der Waals surface area (Å²) in [5, 5.41) is 0. The minimum atomic E-state index is -6.68. The number of halogens is 7. The minimum Gasteiger partial charge on any atom is -0.324 e. The second-order valence-corrected chi connectivity index (χ2v) is 5.70. The zero-order valence-corrected chi connectivity index (χ0v) is 12.9. The van der Waals surface area contributed by atoms with Gasteiger partial charge in [0.15, 0.2) is 5.78 Å². The Labute approximate surface area is 142 Å². The number of ketones is 2. The summed E-state index contributed by atoms with van der Waals surface area (Å²) in [6.45, 7) is 0. The molecule has 1 aromatic rings. The topological polar surface area (TPSA) is 60.2 Å². The molecule has 0 spiro atoms. The quantitative estimate of drug-likeness (QED) is 0.639. The van der Waals surface area contributed by atoms with Gasteiger partial charge in [0, 0.05) is 12.5 Å². The summed E-state index contributed by atoms with van der Waals surface area (Å²) in [5.74, 6) is -17.0. The summed E-state index contributed by atoms with van der Waals surface area (Å²) in [4.78, 5) is 24.0. The number of alkyl halides is 7. The summed E-state index contributed by atoms with van der Waals surface area (Å²) in [6.07, 6.45) is -7.27. The third kappa shape index (κ3) is 3.13. The molecule has 2 N–H and O–H groups in total. The fourth-order valence-electron chi connectivity index (χ4n) is 2.59. The van der Waals surface area contributed by atoms with E-state index >= 15 is 0 Å². The van der Waals surface area contributed by atoms with Crippen molar-refractivity contribution in [2.75, 3.05) is 0 Å². The first-order valence-electron chi connectivity index (χ1n) is 7.28. The van der Waals surface area contributed by atoms with E-state index in [0.717, 1.165) is 0 Å². The van der Waals surface area contributed by atoms with Crippen molar-refractivity contribution in [3.8, 4) is 0 Å². The first kappa shape index (κ1) is 20.1. The van der Waals surface area contributed by atoms with Crippen molar-refractivity contribution in [2.24, 2.45) is 5.73 Å². The van der Waals surface area contributed by atoms with Crippen LogP contribution >= 0.6 is 0 Å². The summed E-state index contributed by atoms with van der Waals surface area (Å²) in [5.41, 5.74) is 3.86. The van der Waals surface area contributed by atoms with Crippen molar-refractivity contribution >= 4 is 17.1 Å². The average molecular weight is 383 g/mol. The highest BCUT2D eigenvalue weighted by Gasteiger charge is 2.76. The molecular weight excluding hydrogens is 371 g/mol. The highest BCUT2D eigenvalue weighted by Crippen LogP contribution is 2.48. The molecule has 0 bridgehead atoms. The van der Waals surface area contributed by atoms with Crippen LogP contribution in [0.15, 0.2) is 35.9 Å². The van der Waals surface area contributed by atoms with E-state index in [2.05, 4.69) is 0 Å². The summed E-state index contributed by atoms with van der Waals surface area (Å²) < 4.78 is 91.1. The lowest BCUT2D eigenvalue weighted by Gasteiger charge is -2.30. The van der Waals surface area contributed by atoms with Crippen molar-refractivity contribution in [1.82, 2.24) is 0 Å². The number of rotatable bonds is 4. The smallest absolute Gasteiger partial charge is 0.324 e. The molecule has 0 amide bonds. The van der Waals surface area contributed by atoms with Gasteiger partial charge in [0.1, 0.15) is 0 Å². The lowest BCUT2D eigenvalue weighted by molar-refractivity contribution is -0.342. The lowest BCUT2D eigenvalue weighted by Crippen LogP contribution is -2.57. The van der Waals surface area contributed by atoms with E-state index in [1.54, 1.807) is 0 Å². The molecule has 142 valence electrons. The van der Waals surface area contributed by atoms with Crippen molar-refractivity contribution in [2.45, 2.75) is 36.9 Å². The van der Waals surface area contributed by atoms with Gasteiger partial charge in [-0.3, -0.25) is 9.59 Å². The lowest BCUT2D eigenvalue weighted by atomic mass is 9.79. The van der Waals surface area contributed by atoms with Crippen LogP contribution in [0.25, 0.3) is 5.57 Å². The highest BCUT2D eigenvalue weighted by molar-refractivity contribution is 6.28. The zero-order valence-electron chi connectivity index (χ0n) is 12.9. The predicted octanol–water partition coefficient (Wildman–Crippen LogP) is 3.53. The SMILES string of the molecule is NC1CCC(=O)C(C(=O)C(F)(F)C(F)(F)C(F)(F)F)=C1c1ccccc1. The standard InChI is InChI=1S/C16H12F7NO2/c17-14(18,15(19,20)16(21,22)23)13(26)12-10(25)7-6-9(24)11(12)8-4-2-1-3-5-8/h1-5,9H,6-7,24H2. The normalized spacial score (nSPS) is 19.7. The van der Waals surface area contributed by atoms with Crippen molar-refractivity contribution in [3.63, 3.8) is 0 Å². The molecule has 3 nitrogen and oxygen atoms in total. The van der Waals surface area contributed by atoms with Gasteiger partial charge >= 0.3 is 18.0 Å². The van der Waals surface area contributed by atoms with E-state index in [1.807, 2.05) is 0 Å². The second-order valence-electron chi connectivity index (χ2n) is 5.70. The summed E-state index contributed by atoms with van der Waals surface area (Å²) >= 11 is 0. The number of carbonyl (C=O) groups is 2. The molecule has 2 rings (SSSR count). The van der Waals surface area contributed by atoms with Crippen LogP contribution in [0.1, 0.15) is 18.4 Å². The second kappa shape index (κ2) is 6.49. The Morgan fingerprint density at radius 2 is 1.54 bits per heavy atom. The van der Waals surface area contributed by atoms with E-state index in [9.17, 15) is 40.3 Å². The molecule has 26 heavy (non-hydrogen) atoms. The Balaban J connectivity index is 2.68. The van der Waals surface area contributed by atoms with Gasteiger partial charge in [-0.25, -0.2) is 0 Å². The molecule has 0 saturated heterocycles. The van der Waals surface area contributed by atoms with E-state index in [-0.39, 0.29) is 12.0 Å². The third-order valence-corrected chi connectivity index (χ3v) is 3.95. The van der Waals surface area contributed by atoms with Crippen LogP contribution in [0.3, 0.4) is 0 Å². The monoisotopic (exact) mass is 383 g/mol. The molecule has 1 aromatic carbocycles. The number of allylic oxidation sites excluding steroid dienone is 1. The van der Waals surface area contributed by atoms with Gasteiger partial charge in [-0.2, -0.15) is 30.7 Å². The predicted molar refractivity (Wildman–Crippen MR) is 76.5 cm³/mol. The number of hydrogen-bond donors (Lipinski definition) is 1. The highest BCUT2D eigenvalue weighted by atomic mass is 19.4. The number of nitrogens with two attached hydrogens (primary N) is 1. The van der Waals surface area contributed by atoms with Gasteiger partial charge in [0.2, 0.25) is 5.78 Å². The molecule has 10 heteroatoms. The molecule has 1 aliphatic rings. The maximum absolute atomic E-state index is 13.8. The molecule has 1 unspecified atom stereocenters. The Morgan fingerprint density at radius 1 is 1.00 bits per heavy atom. The number of benzene rings is 1. The van der Waals surface area contributed by atoms with Gasteiger partial charge in [-0.05, 0) is 17.6 Å². The van der Waals surface area contributed by atoms with E-state index in [1.165, 1.54) is 30.3 Å². The molecule has 0 aromatic heterocycles. The Morgan fingerprint density at radius 3 is 2.04 bits per heavy atom. The van der Waals surface area contributed by atoms with Gasteiger partial charge < -0.3 is 5.73 Å². The van der Waals surface area contributed by atoms with Crippen molar-refractivity contribution in [3.05, 3.63) is 41.5 Å². The van der Waals surface area contributed by atoms with Gasteiger partial charge in [-0.15, -0.1) is 0 Å². The average Bonchev–Trinajstić information content (AvgIpc) is 2.55.